The molecule has 0 bridgehead atoms. The molecule has 2 atom stereocenters. The first kappa shape index (κ1) is 18.2. The smallest absolute Gasteiger partial charge is 0.223 e. The fraction of sp³-hybridized carbons (Fsp3) is 0.632. The summed E-state index contributed by atoms with van der Waals surface area (Å²) in [4.78, 5) is 14.5. The van der Waals surface area contributed by atoms with Gasteiger partial charge in [-0.25, -0.2) is 0 Å². The summed E-state index contributed by atoms with van der Waals surface area (Å²) >= 11 is 0. The van der Waals surface area contributed by atoms with Crippen LogP contribution in [-0.2, 0) is 16.1 Å². The molecule has 1 aliphatic carbocycles. The van der Waals surface area contributed by atoms with Crippen molar-refractivity contribution in [2.75, 3.05) is 39.5 Å². The lowest BCUT2D eigenvalue weighted by atomic mass is 10.1. The van der Waals surface area contributed by atoms with Gasteiger partial charge in [0.25, 0.3) is 0 Å². The number of nitrogens with zero attached hydrogens (tertiary/aromatic N) is 1. The van der Waals surface area contributed by atoms with E-state index in [-0.39, 0.29) is 17.9 Å². The second-order valence-corrected chi connectivity index (χ2v) is 6.94. The van der Waals surface area contributed by atoms with Crippen LogP contribution in [0.1, 0.15) is 24.8 Å². The highest BCUT2D eigenvalue weighted by Gasteiger charge is 2.27. The van der Waals surface area contributed by atoms with Crippen molar-refractivity contribution in [3.05, 3.63) is 29.8 Å². The van der Waals surface area contributed by atoms with Gasteiger partial charge in [-0.1, -0.05) is 12.1 Å². The fourth-order valence-corrected chi connectivity index (χ4v) is 3.45. The zero-order valence-electron chi connectivity index (χ0n) is 14.8. The van der Waals surface area contributed by atoms with Crippen LogP contribution in [-0.4, -0.2) is 56.3 Å². The highest BCUT2D eigenvalue weighted by atomic mass is 16.5. The lowest BCUT2D eigenvalue weighted by Crippen LogP contribution is -2.38. The molecule has 0 spiro atoms. The van der Waals surface area contributed by atoms with Crippen LogP contribution < -0.4 is 15.8 Å². The maximum atomic E-state index is 12.2. The second-order valence-electron chi connectivity index (χ2n) is 6.94. The van der Waals surface area contributed by atoms with Gasteiger partial charge in [-0.2, -0.15) is 0 Å². The lowest BCUT2D eigenvalue weighted by Gasteiger charge is -2.26. The third-order valence-corrected chi connectivity index (χ3v) is 4.99. The molecule has 2 unspecified atom stereocenters. The average Bonchev–Trinajstić information content (AvgIpc) is 3.07. The molecule has 0 radical (unpaired) electrons. The Labute approximate surface area is 149 Å². The molecule has 138 valence electrons. The molecule has 2 aliphatic rings. The first-order valence-electron chi connectivity index (χ1n) is 9.26. The molecule has 2 fully saturated rings. The standard InChI is InChI=1S/C19H29N3O3/c20-17-5-4-16(13-17)19(23)21-14-15-2-1-3-18(12-15)25-11-8-22-6-9-24-10-7-22/h1-3,12,16-17H,4-11,13-14,20H2,(H,21,23). The molecule has 6 nitrogen and oxygen atoms in total. The summed E-state index contributed by atoms with van der Waals surface area (Å²) in [5.41, 5.74) is 6.94. The predicted molar refractivity (Wildman–Crippen MR) is 96.4 cm³/mol. The zero-order chi connectivity index (χ0) is 17.5. The van der Waals surface area contributed by atoms with Gasteiger partial charge in [0.2, 0.25) is 5.91 Å². The Morgan fingerprint density at radius 1 is 1.32 bits per heavy atom. The molecule has 1 aromatic rings. The summed E-state index contributed by atoms with van der Waals surface area (Å²) < 4.78 is 11.2. The quantitative estimate of drug-likeness (QED) is 0.773. The molecule has 1 heterocycles. The van der Waals surface area contributed by atoms with Crippen LogP contribution in [0.15, 0.2) is 24.3 Å². The minimum Gasteiger partial charge on any atom is -0.492 e. The number of rotatable bonds is 7. The molecule has 1 saturated heterocycles. The molecule has 1 aromatic carbocycles. The van der Waals surface area contributed by atoms with Crippen LogP contribution in [0, 0.1) is 5.92 Å². The number of nitrogens with two attached hydrogens (primary N) is 1. The zero-order valence-corrected chi connectivity index (χ0v) is 14.8. The highest BCUT2D eigenvalue weighted by Crippen LogP contribution is 2.24. The van der Waals surface area contributed by atoms with Crippen LogP contribution in [0.25, 0.3) is 0 Å². The van der Waals surface area contributed by atoms with Crippen molar-refractivity contribution >= 4 is 5.91 Å². The maximum Gasteiger partial charge on any atom is 0.223 e. The van der Waals surface area contributed by atoms with Crippen LogP contribution in [0.5, 0.6) is 5.75 Å². The van der Waals surface area contributed by atoms with Gasteiger partial charge in [-0.05, 0) is 37.0 Å². The Balaban J connectivity index is 1.40. The van der Waals surface area contributed by atoms with Crippen LogP contribution >= 0.6 is 0 Å². The van der Waals surface area contributed by atoms with Gasteiger partial charge >= 0.3 is 0 Å². The molecule has 6 heteroatoms. The first-order chi connectivity index (χ1) is 12.2. The lowest BCUT2D eigenvalue weighted by molar-refractivity contribution is -0.125. The van der Waals surface area contributed by atoms with E-state index in [2.05, 4.69) is 10.2 Å². The number of benzene rings is 1. The van der Waals surface area contributed by atoms with E-state index in [9.17, 15) is 4.79 Å². The van der Waals surface area contributed by atoms with Crippen molar-refractivity contribution in [2.24, 2.45) is 11.7 Å². The van der Waals surface area contributed by atoms with Crippen molar-refractivity contribution in [1.29, 1.82) is 0 Å². The average molecular weight is 347 g/mol. The summed E-state index contributed by atoms with van der Waals surface area (Å²) in [5.74, 6) is 1.04. The number of morpholine rings is 1. The number of amides is 1. The van der Waals surface area contributed by atoms with Gasteiger partial charge in [-0.15, -0.1) is 0 Å². The molecular formula is C19H29N3O3. The van der Waals surface area contributed by atoms with E-state index >= 15 is 0 Å². The van der Waals surface area contributed by atoms with Crippen LogP contribution in [0.4, 0.5) is 0 Å². The Morgan fingerprint density at radius 3 is 2.92 bits per heavy atom. The van der Waals surface area contributed by atoms with E-state index in [4.69, 9.17) is 15.2 Å². The van der Waals surface area contributed by atoms with E-state index in [0.29, 0.717) is 13.2 Å². The minimum atomic E-state index is 0.0722. The summed E-state index contributed by atoms with van der Waals surface area (Å²) in [6.45, 7) is 5.66. The Hall–Kier alpha value is -1.63. The van der Waals surface area contributed by atoms with Gasteiger partial charge in [0, 0.05) is 38.1 Å². The van der Waals surface area contributed by atoms with Crippen LogP contribution in [0.2, 0.25) is 0 Å². The van der Waals surface area contributed by atoms with Crippen molar-refractivity contribution in [3.8, 4) is 5.75 Å². The molecular weight excluding hydrogens is 318 g/mol. The summed E-state index contributed by atoms with van der Waals surface area (Å²) in [5, 5.41) is 3.02. The third-order valence-electron chi connectivity index (χ3n) is 4.99. The topological polar surface area (TPSA) is 76.8 Å². The Kier molecular flexibility index (Phi) is 6.67. The van der Waals surface area contributed by atoms with Gasteiger partial charge in [0.1, 0.15) is 12.4 Å². The van der Waals surface area contributed by atoms with Gasteiger partial charge in [0.15, 0.2) is 0 Å². The normalized spacial score (nSPS) is 24.2. The predicted octanol–water partition coefficient (Wildman–Crippen LogP) is 1.14. The number of hydrogen-bond acceptors (Lipinski definition) is 5. The molecule has 1 saturated carbocycles. The van der Waals surface area contributed by atoms with Gasteiger partial charge in [-0.3, -0.25) is 9.69 Å². The monoisotopic (exact) mass is 347 g/mol. The summed E-state index contributed by atoms with van der Waals surface area (Å²) in [6.07, 6.45) is 2.65. The van der Waals surface area contributed by atoms with Crippen molar-refractivity contribution in [2.45, 2.75) is 31.8 Å². The minimum absolute atomic E-state index is 0.0722. The SMILES string of the molecule is NC1CCC(C(=O)NCc2cccc(OCCN3CCOCC3)c2)C1. The van der Waals surface area contributed by atoms with E-state index in [0.717, 1.165) is 63.4 Å². The van der Waals surface area contributed by atoms with E-state index in [1.807, 2.05) is 24.3 Å². The third kappa shape index (κ3) is 5.70. The fourth-order valence-electron chi connectivity index (χ4n) is 3.45. The first-order valence-corrected chi connectivity index (χ1v) is 9.26. The maximum absolute atomic E-state index is 12.2. The number of carbonyl (C=O) groups excluding carboxylic acids is 1. The van der Waals surface area contributed by atoms with Crippen molar-refractivity contribution in [1.82, 2.24) is 10.2 Å². The molecule has 3 N–H and O–H groups in total. The number of carbonyl (C=O) groups is 1. The van der Waals surface area contributed by atoms with Crippen molar-refractivity contribution < 1.29 is 14.3 Å². The molecule has 1 aliphatic heterocycles. The summed E-state index contributed by atoms with van der Waals surface area (Å²) in [7, 11) is 0. The van der Waals surface area contributed by atoms with Crippen molar-refractivity contribution in [3.63, 3.8) is 0 Å². The van der Waals surface area contributed by atoms with E-state index < -0.39 is 0 Å². The van der Waals surface area contributed by atoms with Gasteiger partial charge in [0.05, 0.1) is 13.2 Å². The molecule has 0 aromatic heterocycles. The Morgan fingerprint density at radius 2 is 2.16 bits per heavy atom. The highest BCUT2D eigenvalue weighted by molar-refractivity contribution is 5.79. The van der Waals surface area contributed by atoms with E-state index in [1.165, 1.54) is 0 Å². The Bertz CT molecular complexity index is 561. The van der Waals surface area contributed by atoms with E-state index in [1.54, 1.807) is 0 Å². The number of hydrogen-bond donors (Lipinski definition) is 2. The number of nitrogens with one attached hydrogen (secondary N) is 1. The second kappa shape index (κ2) is 9.17. The molecule has 25 heavy (non-hydrogen) atoms. The molecule has 3 rings (SSSR count). The molecule has 1 amide bonds. The summed E-state index contributed by atoms with van der Waals surface area (Å²) in [6, 6.07) is 8.12. The number of ether oxygens (including phenoxy) is 2. The van der Waals surface area contributed by atoms with Gasteiger partial charge < -0.3 is 20.5 Å². The largest absolute Gasteiger partial charge is 0.492 e. The van der Waals surface area contributed by atoms with Crippen LogP contribution in [0.3, 0.4) is 0 Å².